The van der Waals surface area contributed by atoms with E-state index in [4.69, 9.17) is 9.68 Å². The summed E-state index contributed by atoms with van der Waals surface area (Å²) in [6.45, 7) is 3.75. The maximum absolute atomic E-state index is 8.91. The van der Waals surface area contributed by atoms with Gasteiger partial charge in [-0.15, -0.1) is 0 Å². The van der Waals surface area contributed by atoms with Crippen LogP contribution in [0.1, 0.15) is 17.0 Å². The van der Waals surface area contributed by atoms with Crippen LogP contribution in [0, 0.1) is 25.2 Å². The number of aromatic nitrogens is 2. The molecule has 0 aromatic carbocycles. The maximum atomic E-state index is 8.91. The number of pyridine rings is 1. The van der Waals surface area contributed by atoms with Gasteiger partial charge in [-0.1, -0.05) is 0 Å². The van der Waals surface area contributed by atoms with Gasteiger partial charge >= 0.3 is 0 Å². The first kappa shape index (κ1) is 10.7. The van der Waals surface area contributed by atoms with E-state index in [1.165, 1.54) is 11.8 Å². The largest absolute Gasteiger partial charge is 0.436 e. The van der Waals surface area contributed by atoms with Crippen LogP contribution in [0.3, 0.4) is 0 Å². The molecule has 2 aromatic rings. The van der Waals surface area contributed by atoms with Gasteiger partial charge in [0, 0.05) is 12.4 Å². The molecule has 0 unspecified atom stereocenters. The van der Waals surface area contributed by atoms with Gasteiger partial charge in [0.1, 0.15) is 11.8 Å². The summed E-state index contributed by atoms with van der Waals surface area (Å²) in [4.78, 5) is 8.97. The number of oxazole rings is 1. The highest BCUT2D eigenvalue weighted by molar-refractivity contribution is 7.99. The molecule has 0 N–H and O–H groups in total. The molecule has 5 heteroatoms. The Hall–Kier alpha value is -1.80. The molecule has 0 saturated carbocycles. The van der Waals surface area contributed by atoms with E-state index < -0.39 is 0 Å². The van der Waals surface area contributed by atoms with E-state index in [-0.39, 0.29) is 0 Å². The topological polar surface area (TPSA) is 62.7 Å². The summed E-state index contributed by atoms with van der Waals surface area (Å²) in [6.07, 6.45) is 3.23. The summed E-state index contributed by atoms with van der Waals surface area (Å²) < 4.78 is 5.43. The molecule has 0 aliphatic heterocycles. The van der Waals surface area contributed by atoms with Crippen LogP contribution in [-0.2, 0) is 0 Å². The van der Waals surface area contributed by atoms with Crippen LogP contribution >= 0.6 is 11.8 Å². The average Bonchev–Trinajstić information content (AvgIpc) is 2.59. The molecule has 16 heavy (non-hydrogen) atoms. The van der Waals surface area contributed by atoms with Crippen molar-refractivity contribution < 1.29 is 4.42 Å². The number of nitrogens with zero attached hydrogens (tertiary/aromatic N) is 3. The standard InChI is InChI=1S/C11H9N3OS/c1-7-8(2)15-11(14-7)16-10-6-13-4-3-9(10)5-12/h3-4,6H,1-2H3. The van der Waals surface area contributed by atoms with E-state index in [2.05, 4.69) is 16.0 Å². The summed E-state index contributed by atoms with van der Waals surface area (Å²) in [6, 6.07) is 3.78. The minimum atomic E-state index is 0.541. The smallest absolute Gasteiger partial charge is 0.261 e. The van der Waals surface area contributed by atoms with E-state index in [9.17, 15) is 0 Å². The van der Waals surface area contributed by atoms with Crippen molar-refractivity contribution in [3.05, 3.63) is 35.5 Å². The summed E-state index contributed by atoms with van der Waals surface area (Å²) >= 11 is 1.31. The van der Waals surface area contributed by atoms with Crippen LogP contribution < -0.4 is 0 Å². The molecule has 0 atom stereocenters. The molecule has 0 bridgehead atoms. The highest BCUT2D eigenvalue weighted by Gasteiger charge is 2.10. The number of rotatable bonds is 2. The third-order valence-corrected chi connectivity index (χ3v) is 3.01. The van der Waals surface area contributed by atoms with Crippen LogP contribution in [0.4, 0.5) is 0 Å². The van der Waals surface area contributed by atoms with E-state index in [0.29, 0.717) is 10.8 Å². The maximum Gasteiger partial charge on any atom is 0.261 e. The third-order valence-electron chi connectivity index (χ3n) is 2.11. The average molecular weight is 231 g/mol. The molecule has 0 amide bonds. The van der Waals surface area contributed by atoms with Crippen LogP contribution in [-0.4, -0.2) is 9.97 Å². The monoisotopic (exact) mass is 231 g/mol. The second-order valence-electron chi connectivity index (χ2n) is 3.21. The van der Waals surface area contributed by atoms with Crippen molar-refractivity contribution in [2.45, 2.75) is 24.0 Å². The predicted molar refractivity (Wildman–Crippen MR) is 59.1 cm³/mol. The van der Waals surface area contributed by atoms with Crippen LogP contribution in [0.15, 0.2) is 33.0 Å². The Balaban J connectivity index is 2.31. The molecule has 2 rings (SSSR count). The lowest BCUT2D eigenvalue weighted by atomic mass is 10.3. The van der Waals surface area contributed by atoms with Crippen molar-refractivity contribution in [3.63, 3.8) is 0 Å². The van der Waals surface area contributed by atoms with Crippen molar-refractivity contribution in [1.29, 1.82) is 5.26 Å². The number of hydrogen-bond acceptors (Lipinski definition) is 5. The van der Waals surface area contributed by atoms with Crippen molar-refractivity contribution in [2.75, 3.05) is 0 Å². The van der Waals surface area contributed by atoms with Gasteiger partial charge in [0.05, 0.1) is 16.2 Å². The summed E-state index contributed by atoms with van der Waals surface area (Å²) in [7, 11) is 0. The quantitative estimate of drug-likeness (QED) is 0.795. The molecular weight excluding hydrogens is 222 g/mol. The van der Waals surface area contributed by atoms with Crippen molar-refractivity contribution in [2.24, 2.45) is 0 Å². The lowest BCUT2D eigenvalue weighted by Crippen LogP contribution is -1.82. The fourth-order valence-electron chi connectivity index (χ4n) is 1.13. The molecule has 80 valence electrons. The Morgan fingerprint density at radius 3 is 2.88 bits per heavy atom. The molecule has 0 fully saturated rings. The Labute approximate surface area is 97.3 Å². The third kappa shape index (κ3) is 2.07. The van der Waals surface area contributed by atoms with Gasteiger partial charge in [0.25, 0.3) is 5.22 Å². The van der Waals surface area contributed by atoms with Crippen LogP contribution in [0.5, 0.6) is 0 Å². The lowest BCUT2D eigenvalue weighted by Gasteiger charge is -1.97. The molecule has 0 aliphatic carbocycles. The number of hydrogen-bond donors (Lipinski definition) is 0. The van der Waals surface area contributed by atoms with Crippen LogP contribution in [0.25, 0.3) is 0 Å². The fraction of sp³-hybridized carbons (Fsp3) is 0.182. The van der Waals surface area contributed by atoms with Crippen molar-refractivity contribution in [1.82, 2.24) is 9.97 Å². The van der Waals surface area contributed by atoms with Crippen LogP contribution in [0.2, 0.25) is 0 Å². The molecule has 2 aromatic heterocycles. The Morgan fingerprint density at radius 2 is 2.25 bits per heavy atom. The molecule has 4 nitrogen and oxygen atoms in total. The molecular formula is C11H9N3OS. The van der Waals surface area contributed by atoms with Crippen molar-refractivity contribution in [3.8, 4) is 6.07 Å². The molecule has 0 spiro atoms. The Bertz CT molecular complexity index is 537. The first-order valence-electron chi connectivity index (χ1n) is 4.66. The summed E-state index contributed by atoms with van der Waals surface area (Å²) in [5, 5.41) is 9.46. The van der Waals surface area contributed by atoms with Gasteiger partial charge in [-0.25, -0.2) is 4.98 Å². The van der Waals surface area contributed by atoms with Gasteiger partial charge in [-0.05, 0) is 31.7 Å². The van der Waals surface area contributed by atoms with Gasteiger partial charge in [0.15, 0.2) is 0 Å². The summed E-state index contributed by atoms with van der Waals surface area (Å²) in [5.41, 5.74) is 1.44. The fourth-order valence-corrected chi connectivity index (χ4v) is 2.01. The predicted octanol–water partition coefficient (Wildman–Crippen LogP) is 2.71. The zero-order chi connectivity index (χ0) is 11.5. The van der Waals surface area contributed by atoms with E-state index in [0.717, 1.165) is 16.3 Å². The first-order valence-corrected chi connectivity index (χ1v) is 5.48. The van der Waals surface area contributed by atoms with Gasteiger partial charge < -0.3 is 4.42 Å². The molecule has 0 aliphatic rings. The SMILES string of the molecule is Cc1nc(Sc2cnccc2C#N)oc1C. The summed E-state index contributed by atoms with van der Waals surface area (Å²) in [5.74, 6) is 0.796. The minimum Gasteiger partial charge on any atom is -0.436 e. The van der Waals surface area contributed by atoms with Gasteiger partial charge in [-0.2, -0.15) is 5.26 Å². The second-order valence-corrected chi connectivity index (χ2v) is 4.20. The Morgan fingerprint density at radius 1 is 1.44 bits per heavy atom. The normalized spacial score (nSPS) is 10.1. The van der Waals surface area contributed by atoms with Gasteiger partial charge in [-0.3, -0.25) is 4.98 Å². The zero-order valence-electron chi connectivity index (χ0n) is 8.89. The molecule has 0 radical (unpaired) electrons. The Kier molecular flexibility index (Phi) is 2.93. The minimum absolute atomic E-state index is 0.541. The highest BCUT2D eigenvalue weighted by Crippen LogP contribution is 2.29. The van der Waals surface area contributed by atoms with E-state index >= 15 is 0 Å². The number of nitriles is 1. The zero-order valence-corrected chi connectivity index (χ0v) is 9.71. The van der Waals surface area contributed by atoms with E-state index in [1.54, 1.807) is 18.5 Å². The van der Waals surface area contributed by atoms with E-state index in [1.807, 2.05) is 13.8 Å². The first-order chi connectivity index (χ1) is 7.70. The molecule has 0 saturated heterocycles. The lowest BCUT2D eigenvalue weighted by molar-refractivity contribution is 0.431. The second kappa shape index (κ2) is 4.37. The van der Waals surface area contributed by atoms with Gasteiger partial charge in [0.2, 0.25) is 0 Å². The van der Waals surface area contributed by atoms with Crippen molar-refractivity contribution >= 4 is 11.8 Å². The number of aryl methyl sites for hydroxylation is 2. The molecule has 2 heterocycles. The highest BCUT2D eigenvalue weighted by atomic mass is 32.2.